The predicted octanol–water partition coefficient (Wildman–Crippen LogP) is 3.83. The highest BCUT2D eigenvalue weighted by atomic mass is 79.9. The monoisotopic (exact) mass is 368 g/mol. The molecule has 19 heavy (non-hydrogen) atoms. The van der Waals surface area contributed by atoms with E-state index in [1.54, 1.807) is 26.8 Å². The zero-order valence-electron chi connectivity index (χ0n) is 11.2. The number of rotatable bonds is 5. The molecule has 0 N–H and O–H groups in total. The van der Waals surface area contributed by atoms with Crippen molar-refractivity contribution in [1.82, 2.24) is 0 Å². The summed E-state index contributed by atoms with van der Waals surface area (Å²) >= 11 is 9.40. The van der Waals surface area contributed by atoms with Crippen LogP contribution in [-0.4, -0.2) is 25.5 Å². The maximum absolute atomic E-state index is 12.0. The maximum Gasteiger partial charge on any atom is 0.158 e. The summed E-state index contributed by atoms with van der Waals surface area (Å²) in [6.45, 7) is 5.15. The lowest BCUT2D eigenvalue weighted by Gasteiger charge is -2.19. The van der Waals surface area contributed by atoms with E-state index in [1.807, 2.05) is 12.1 Å². The Morgan fingerprint density at radius 2 is 1.95 bits per heavy atom. The Morgan fingerprint density at radius 3 is 2.47 bits per heavy atom. The van der Waals surface area contributed by atoms with Gasteiger partial charge in [-0.15, -0.1) is 0 Å². The van der Waals surface area contributed by atoms with E-state index in [9.17, 15) is 8.42 Å². The third kappa shape index (κ3) is 4.36. The van der Waals surface area contributed by atoms with Gasteiger partial charge in [0.15, 0.2) is 9.84 Å². The third-order valence-electron chi connectivity index (χ3n) is 2.72. The van der Waals surface area contributed by atoms with Gasteiger partial charge in [-0.3, -0.25) is 0 Å². The Labute approximate surface area is 128 Å². The van der Waals surface area contributed by atoms with Gasteiger partial charge in [-0.05, 0) is 26.8 Å². The Kier molecular flexibility index (Phi) is 5.71. The molecule has 0 bridgehead atoms. The highest BCUT2D eigenvalue weighted by molar-refractivity contribution is 9.08. The molecule has 3 nitrogen and oxygen atoms in total. The lowest BCUT2D eigenvalue weighted by molar-refractivity contribution is 0.337. The van der Waals surface area contributed by atoms with Gasteiger partial charge >= 0.3 is 0 Å². The fourth-order valence-corrected chi connectivity index (χ4v) is 2.99. The van der Waals surface area contributed by atoms with E-state index in [4.69, 9.17) is 16.3 Å². The van der Waals surface area contributed by atoms with Gasteiger partial charge in [-0.2, -0.15) is 0 Å². The zero-order valence-corrected chi connectivity index (χ0v) is 14.4. The van der Waals surface area contributed by atoms with Crippen molar-refractivity contribution in [2.75, 3.05) is 12.4 Å². The molecule has 0 aromatic heterocycles. The molecule has 1 aromatic rings. The first kappa shape index (κ1) is 16.8. The van der Waals surface area contributed by atoms with Gasteiger partial charge in [-0.1, -0.05) is 39.7 Å². The van der Waals surface area contributed by atoms with Crippen molar-refractivity contribution in [2.45, 2.75) is 30.8 Å². The summed E-state index contributed by atoms with van der Waals surface area (Å²) in [4.78, 5) is 0. The number of halogens is 2. The van der Waals surface area contributed by atoms with Gasteiger partial charge in [0, 0.05) is 10.9 Å². The van der Waals surface area contributed by atoms with Crippen molar-refractivity contribution < 1.29 is 13.2 Å². The summed E-state index contributed by atoms with van der Waals surface area (Å²) in [6, 6.07) is 5.44. The van der Waals surface area contributed by atoms with Crippen molar-refractivity contribution in [1.29, 1.82) is 0 Å². The van der Waals surface area contributed by atoms with Gasteiger partial charge in [-0.25, -0.2) is 8.42 Å². The van der Waals surface area contributed by atoms with Crippen LogP contribution < -0.4 is 4.74 Å². The minimum Gasteiger partial charge on any atom is -0.491 e. The van der Waals surface area contributed by atoms with E-state index in [2.05, 4.69) is 15.9 Å². The van der Waals surface area contributed by atoms with E-state index in [1.165, 1.54) is 0 Å². The molecule has 0 fully saturated rings. The van der Waals surface area contributed by atoms with Crippen LogP contribution in [0.15, 0.2) is 18.2 Å². The first-order valence-electron chi connectivity index (χ1n) is 5.87. The van der Waals surface area contributed by atoms with Crippen LogP contribution >= 0.6 is 27.5 Å². The molecular formula is C13H18BrClO3S. The van der Waals surface area contributed by atoms with E-state index in [0.717, 1.165) is 5.56 Å². The van der Waals surface area contributed by atoms with Crippen LogP contribution in [0.1, 0.15) is 26.3 Å². The van der Waals surface area contributed by atoms with Crippen LogP contribution in [0, 0.1) is 0 Å². The Morgan fingerprint density at radius 1 is 1.32 bits per heavy atom. The number of hydrogen-bond donors (Lipinski definition) is 0. The van der Waals surface area contributed by atoms with Gasteiger partial charge in [0.2, 0.25) is 0 Å². The standard InChI is InChI=1S/C13H18BrClO3S/c1-13(2,3)19(16,17)8-7-18-12-10(9-14)5-4-6-11(12)15/h4-6H,7-9H2,1-3H3. The summed E-state index contributed by atoms with van der Waals surface area (Å²) in [5.41, 5.74) is 0.903. The van der Waals surface area contributed by atoms with Crippen LogP contribution in [0.4, 0.5) is 0 Å². The van der Waals surface area contributed by atoms with E-state index < -0.39 is 14.6 Å². The molecular weight excluding hydrogens is 352 g/mol. The highest BCUT2D eigenvalue weighted by Crippen LogP contribution is 2.30. The zero-order chi connectivity index (χ0) is 14.7. The second-order valence-electron chi connectivity index (χ2n) is 5.14. The molecule has 6 heteroatoms. The van der Waals surface area contributed by atoms with Gasteiger partial charge < -0.3 is 4.74 Å². The fraction of sp³-hybridized carbons (Fsp3) is 0.538. The van der Waals surface area contributed by atoms with Crippen molar-refractivity contribution in [2.24, 2.45) is 0 Å². The van der Waals surface area contributed by atoms with Crippen molar-refractivity contribution in [3.05, 3.63) is 28.8 Å². The second-order valence-corrected chi connectivity index (χ2v) is 8.97. The van der Waals surface area contributed by atoms with Gasteiger partial charge in [0.05, 0.1) is 15.5 Å². The number of alkyl halides is 1. The molecule has 0 amide bonds. The molecule has 0 aliphatic carbocycles. The number of ether oxygens (including phenoxy) is 1. The van der Waals surface area contributed by atoms with Gasteiger partial charge in [0.1, 0.15) is 12.4 Å². The quantitative estimate of drug-likeness (QED) is 0.741. The van der Waals surface area contributed by atoms with Gasteiger partial charge in [0.25, 0.3) is 0 Å². The average molecular weight is 370 g/mol. The highest BCUT2D eigenvalue weighted by Gasteiger charge is 2.28. The molecule has 1 aromatic carbocycles. The minimum atomic E-state index is -3.18. The summed E-state index contributed by atoms with van der Waals surface area (Å²) in [6.07, 6.45) is 0. The predicted molar refractivity (Wildman–Crippen MR) is 83.1 cm³/mol. The van der Waals surface area contributed by atoms with Crippen LogP contribution in [-0.2, 0) is 15.2 Å². The Bertz CT molecular complexity index is 535. The normalized spacial score (nSPS) is 12.5. The number of sulfone groups is 1. The van der Waals surface area contributed by atoms with Crippen LogP contribution in [0.25, 0.3) is 0 Å². The summed E-state index contributed by atoms with van der Waals surface area (Å²) in [7, 11) is -3.18. The van der Waals surface area contributed by atoms with Crippen LogP contribution in [0.3, 0.4) is 0 Å². The minimum absolute atomic E-state index is 0.0244. The molecule has 108 valence electrons. The topological polar surface area (TPSA) is 43.4 Å². The average Bonchev–Trinajstić information content (AvgIpc) is 2.29. The number of benzene rings is 1. The van der Waals surface area contributed by atoms with Crippen LogP contribution in [0.2, 0.25) is 5.02 Å². The molecule has 0 unspecified atom stereocenters. The first-order chi connectivity index (χ1) is 8.69. The molecule has 0 atom stereocenters. The molecule has 0 radical (unpaired) electrons. The summed E-state index contributed by atoms with van der Waals surface area (Å²) in [5, 5.41) is 1.10. The van der Waals surface area contributed by atoms with E-state index in [-0.39, 0.29) is 12.4 Å². The Balaban J connectivity index is 2.75. The molecule has 1 rings (SSSR count). The largest absolute Gasteiger partial charge is 0.491 e. The first-order valence-corrected chi connectivity index (χ1v) is 9.02. The summed E-state index contributed by atoms with van der Waals surface area (Å²) < 4.78 is 28.7. The molecule has 0 aliphatic heterocycles. The fourth-order valence-electron chi connectivity index (χ4n) is 1.38. The number of para-hydroxylation sites is 1. The lowest BCUT2D eigenvalue weighted by atomic mass is 10.2. The molecule has 0 heterocycles. The number of hydrogen-bond acceptors (Lipinski definition) is 3. The Hall–Kier alpha value is -0.260. The van der Waals surface area contributed by atoms with Crippen LogP contribution in [0.5, 0.6) is 5.75 Å². The lowest BCUT2D eigenvalue weighted by Crippen LogP contribution is -2.32. The maximum atomic E-state index is 12.0. The van der Waals surface area contributed by atoms with Crippen molar-refractivity contribution in [3.8, 4) is 5.75 Å². The molecule has 0 aliphatic rings. The van der Waals surface area contributed by atoms with E-state index in [0.29, 0.717) is 16.1 Å². The third-order valence-corrected chi connectivity index (χ3v) is 6.20. The molecule has 0 saturated heterocycles. The summed E-state index contributed by atoms with van der Waals surface area (Å²) in [5.74, 6) is 0.522. The smallest absolute Gasteiger partial charge is 0.158 e. The SMILES string of the molecule is CC(C)(C)S(=O)(=O)CCOc1c(Cl)cccc1CBr. The molecule has 0 spiro atoms. The second kappa shape index (κ2) is 6.46. The van der Waals surface area contributed by atoms with E-state index >= 15 is 0 Å². The van der Waals surface area contributed by atoms with Crippen molar-refractivity contribution in [3.63, 3.8) is 0 Å². The van der Waals surface area contributed by atoms with Crippen molar-refractivity contribution >= 4 is 37.4 Å². The molecule has 0 saturated carbocycles.